The van der Waals surface area contributed by atoms with Crippen LogP contribution in [0.15, 0.2) is 30.5 Å². The third kappa shape index (κ3) is 2.74. The van der Waals surface area contributed by atoms with Gasteiger partial charge in [-0.2, -0.15) is 0 Å². The highest BCUT2D eigenvalue weighted by Gasteiger charge is 2.24. The second-order valence-electron chi connectivity index (χ2n) is 5.96. The van der Waals surface area contributed by atoms with Crippen LogP contribution >= 0.6 is 0 Å². The minimum atomic E-state index is -0.173. The van der Waals surface area contributed by atoms with Crippen molar-refractivity contribution in [3.63, 3.8) is 0 Å². The molecule has 3 N–H and O–H groups in total. The van der Waals surface area contributed by atoms with Crippen LogP contribution in [-0.2, 0) is 0 Å². The third-order valence-electron chi connectivity index (χ3n) is 3.32. The Morgan fingerprint density at radius 1 is 1.28 bits per heavy atom. The molecule has 3 nitrogen and oxygen atoms in total. The molecule has 2 aromatic rings. The zero-order valence-corrected chi connectivity index (χ0v) is 11.7. The molecular weight excluding hydrogens is 222 g/mol. The summed E-state index contributed by atoms with van der Waals surface area (Å²) >= 11 is 0. The number of H-pyrrole nitrogens is 1. The molecule has 1 heterocycles. The van der Waals surface area contributed by atoms with Gasteiger partial charge in [0.2, 0.25) is 0 Å². The van der Waals surface area contributed by atoms with Gasteiger partial charge in [0, 0.05) is 28.7 Å². The van der Waals surface area contributed by atoms with Gasteiger partial charge in [-0.05, 0) is 46.0 Å². The van der Waals surface area contributed by atoms with Crippen LogP contribution in [0.3, 0.4) is 0 Å². The molecule has 1 aromatic carbocycles. The number of benzene rings is 1. The molecule has 1 atom stereocenters. The van der Waals surface area contributed by atoms with E-state index < -0.39 is 0 Å². The molecule has 0 spiro atoms. The second kappa shape index (κ2) is 4.75. The first-order valence-electron chi connectivity index (χ1n) is 6.40. The summed E-state index contributed by atoms with van der Waals surface area (Å²) in [5, 5.41) is 1.29. The van der Waals surface area contributed by atoms with Crippen LogP contribution in [0.4, 0.5) is 0 Å². The van der Waals surface area contributed by atoms with Crippen LogP contribution in [0.5, 0.6) is 0 Å². The van der Waals surface area contributed by atoms with Gasteiger partial charge in [-0.15, -0.1) is 0 Å². The molecule has 0 saturated heterocycles. The number of hydrogen-bond acceptors (Lipinski definition) is 2. The van der Waals surface area contributed by atoms with Crippen molar-refractivity contribution in [2.75, 3.05) is 14.1 Å². The van der Waals surface area contributed by atoms with Gasteiger partial charge in [-0.1, -0.05) is 18.2 Å². The predicted molar refractivity (Wildman–Crippen MR) is 77.6 cm³/mol. The van der Waals surface area contributed by atoms with Gasteiger partial charge in [-0.25, -0.2) is 0 Å². The Bertz CT molecular complexity index is 520. The number of hydrogen-bond donors (Lipinski definition) is 2. The molecule has 1 unspecified atom stereocenters. The fourth-order valence-corrected chi connectivity index (χ4v) is 2.44. The van der Waals surface area contributed by atoms with E-state index in [2.05, 4.69) is 68.3 Å². The summed E-state index contributed by atoms with van der Waals surface area (Å²) in [6.07, 6.45) is 3.04. The lowest BCUT2D eigenvalue weighted by molar-refractivity contribution is 0.244. The van der Waals surface area contributed by atoms with Gasteiger partial charge in [-0.3, -0.25) is 0 Å². The van der Waals surface area contributed by atoms with Crippen molar-refractivity contribution < 1.29 is 0 Å². The van der Waals surface area contributed by atoms with Crippen LogP contribution in [0.2, 0.25) is 0 Å². The summed E-state index contributed by atoms with van der Waals surface area (Å²) < 4.78 is 0. The van der Waals surface area contributed by atoms with Gasteiger partial charge < -0.3 is 15.6 Å². The van der Waals surface area contributed by atoms with Crippen LogP contribution < -0.4 is 5.73 Å². The third-order valence-corrected chi connectivity index (χ3v) is 3.32. The maximum absolute atomic E-state index is 6.19. The van der Waals surface area contributed by atoms with Crippen molar-refractivity contribution in [3.05, 3.63) is 36.0 Å². The Labute approximate surface area is 109 Å². The number of fused-ring (bicyclic) bond motifs is 1. The summed E-state index contributed by atoms with van der Waals surface area (Å²) in [4.78, 5) is 5.58. The Morgan fingerprint density at radius 2 is 1.94 bits per heavy atom. The highest BCUT2D eigenvalue weighted by molar-refractivity contribution is 5.83. The van der Waals surface area contributed by atoms with E-state index >= 15 is 0 Å². The smallest absolute Gasteiger partial charge is 0.0457 e. The summed E-state index contributed by atoms with van der Waals surface area (Å²) in [7, 11) is 4.22. The largest absolute Gasteiger partial charge is 0.361 e. The lowest BCUT2D eigenvalue weighted by atomic mass is 9.91. The first-order chi connectivity index (χ1) is 8.38. The summed E-state index contributed by atoms with van der Waals surface area (Å²) in [6, 6.07) is 8.75. The number of nitrogens with one attached hydrogen (secondary N) is 1. The Morgan fingerprint density at radius 3 is 2.56 bits per heavy atom. The van der Waals surface area contributed by atoms with Crippen molar-refractivity contribution in [2.24, 2.45) is 5.73 Å². The van der Waals surface area contributed by atoms with Crippen molar-refractivity contribution >= 4 is 10.9 Å². The molecule has 0 aliphatic heterocycles. The topological polar surface area (TPSA) is 45.0 Å². The minimum absolute atomic E-state index is 0.173. The zero-order valence-electron chi connectivity index (χ0n) is 11.7. The average molecular weight is 245 g/mol. The van der Waals surface area contributed by atoms with E-state index in [1.807, 2.05) is 0 Å². The molecule has 0 aliphatic carbocycles. The highest BCUT2D eigenvalue weighted by Crippen LogP contribution is 2.31. The van der Waals surface area contributed by atoms with E-state index in [0.717, 1.165) is 6.42 Å². The first kappa shape index (κ1) is 13.1. The molecule has 1 aromatic heterocycles. The average Bonchev–Trinajstić information content (AvgIpc) is 2.68. The Kier molecular flexibility index (Phi) is 3.46. The number of rotatable bonds is 4. The lowest BCUT2D eigenvalue weighted by Gasteiger charge is -2.30. The van der Waals surface area contributed by atoms with E-state index in [4.69, 9.17) is 5.73 Å². The van der Waals surface area contributed by atoms with Crippen molar-refractivity contribution in [1.29, 1.82) is 0 Å². The van der Waals surface area contributed by atoms with Gasteiger partial charge >= 0.3 is 0 Å². The fourth-order valence-electron chi connectivity index (χ4n) is 2.44. The molecule has 98 valence electrons. The van der Waals surface area contributed by atoms with Gasteiger partial charge in [0.05, 0.1) is 0 Å². The quantitative estimate of drug-likeness (QED) is 0.870. The van der Waals surface area contributed by atoms with E-state index in [-0.39, 0.29) is 5.54 Å². The minimum Gasteiger partial charge on any atom is -0.361 e. The zero-order chi connectivity index (χ0) is 13.3. The van der Waals surface area contributed by atoms with Gasteiger partial charge in [0.25, 0.3) is 0 Å². The normalized spacial score (nSPS) is 14.3. The summed E-state index contributed by atoms with van der Waals surface area (Å²) in [6.45, 7) is 4.16. The fraction of sp³-hybridized carbons (Fsp3) is 0.467. The van der Waals surface area contributed by atoms with E-state index in [9.17, 15) is 0 Å². The van der Waals surface area contributed by atoms with E-state index in [0.29, 0.717) is 6.04 Å². The van der Waals surface area contributed by atoms with Crippen LogP contribution in [0.25, 0.3) is 10.9 Å². The predicted octanol–water partition coefficient (Wildman–Crippen LogP) is 2.90. The second-order valence-corrected chi connectivity index (χ2v) is 5.96. The van der Waals surface area contributed by atoms with Crippen LogP contribution in [-0.4, -0.2) is 29.5 Å². The maximum Gasteiger partial charge on any atom is 0.0457 e. The van der Waals surface area contributed by atoms with Crippen LogP contribution in [0, 0.1) is 0 Å². The summed E-state index contributed by atoms with van der Waals surface area (Å²) in [5.74, 6) is 0. The summed E-state index contributed by atoms with van der Waals surface area (Å²) in [5.41, 5.74) is 8.53. The van der Waals surface area contributed by atoms with E-state index in [1.165, 1.54) is 16.5 Å². The molecule has 0 fully saturated rings. The Hall–Kier alpha value is -1.32. The molecule has 3 heteroatoms. The standard InChI is InChI=1S/C15H23N3/c1-15(2,16)9-14(18(3)4)12-10-17-13-8-6-5-7-11(12)13/h5-8,10,14,17H,9,16H2,1-4H3. The molecule has 2 rings (SSSR count). The molecule has 18 heavy (non-hydrogen) atoms. The van der Waals surface area contributed by atoms with Crippen molar-refractivity contribution in [3.8, 4) is 0 Å². The van der Waals surface area contributed by atoms with Gasteiger partial charge in [0.15, 0.2) is 0 Å². The SMILES string of the molecule is CN(C)C(CC(C)(C)N)c1c[nH]c2ccccc12. The molecule has 0 saturated carbocycles. The number of aromatic nitrogens is 1. The monoisotopic (exact) mass is 245 g/mol. The lowest BCUT2D eigenvalue weighted by Crippen LogP contribution is -2.37. The van der Waals surface area contributed by atoms with Gasteiger partial charge in [0.1, 0.15) is 0 Å². The van der Waals surface area contributed by atoms with Crippen LogP contribution in [0.1, 0.15) is 31.9 Å². The van der Waals surface area contributed by atoms with E-state index in [1.54, 1.807) is 0 Å². The molecule has 0 amide bonds. The van der Waals surface area contributed by atoms with Crippen molar-refractivity contribution in [1.82, 2.24) is 9.88 Å². The molecular formula is C15H23N3. The first-order valence-corrected chi connectivity index (χ1v) is 6.40. The number of aromatic amines is 1. The number of nitrogens with zero attached hydrogens (tertiary/aromatic N) is 1. The van der Waals surface area contributed by atoms with Crippen molar-refractivity contribution in [2.45, 2.75) is 31.8 Å². The number of para-hydroxylation sites is 1. The molecule has 0 radical (unpaired) electrons. The molecule has 0 bridgehead atoms. The molecule has 0 aliphatic rings. The Balaban J connectivity index is 2.42. The maximum atomic E-state index is 6.19. The highest BCUT2D eigenvalue weighted by atomic mass is 15.1. The number of nitrogens with two attached hydrogens (primary N) is 1.